The first kappa shape index (κ1) is 29.4. The number of halogens is 5. The van der Waals surface area contributed by atoms with Crippen LogP contribution in [0.25, 0.3) is 0 Å². The van der Waals surface area contributed by atoms with Crippen LogP contribution in [0.4, 0.5) is 13.2 Å². The number of benzene rings is 3. The van der Waals surface area contributed by atoms with E-state index in [4.69, 9.17) is 28.9 Å². The van der Waals surface area contributed by atoms with Crippen LogP contribution in [-0.4, -0.2) is 53.8 Å². The summed E-state index contributed by atoms with van der Waals surface area (Å²) >= 11 is 12.8. The molecule has 0 aromatic heterocycles. The minimum atomic E-state index is -1.63. The molecule has 0 radical (unpaired) electrons. The minimum Gasteiger partial charge on any atom is -0.369 e. The predicted octanol–water partition coefficient (Wildman–Crippen LogP) is 6.10. The van der Waals surface area contributed by atoms with Crippen LogP contribution in [0.15, 0.2) is 60.7 Å². The number of nitrogens with two attached hydrogens (primary N) is 1. The number of rotatable bonds is 6. The molecule has 3 aromatic rings. The maximum atomic E-state index is 14.0. The molecule has 0 spiro atoms. The molecule has 2 heterocycles. The Kier molecular flexibility index (Phi) is 8.12. The van der Waals surface area contributed by atoms with Crippen molar-refractivity contribution < 1.29 is 22.8 Å². The van der Waals surface area contributed by atoms with Crippen molar-refractivity contribution in [2.75, 3.05) is 26.2 Å². The fourth-order valence-electron chi connectivity index (χ4n) is 6.73. The van der Waals surface area contributed by atoms with E-state index in [9.17, 15) is 22.8 Å². The Morgan fingerprint density at radius 2 is 1.61 bits per heavy atom. The Morgan fingerprint density at radius 3 is 2.22 bits per heavy atom. The lowest BCUT2D eigenvalue weighted by Gasteiger charge is -2.52. The molecule has 2 aliphatic rings. The lowest BCUT2D eigenvalue weighted by Crippen LogP contribution is -2.61. The van der Waals surface area contributed by atoms with E-state index in [-0.39, 0.29) is 24.7 Å². The van der Waals surface area contributed by atoms with E-state index in [0.29, 0.717) is 54.5 Å². The quantitative estimate of drug-likeness (QED) is 0.346. The first-order valence-electron chi connectivity index (χ1n) is 13.5. The summed E-state index contributed by atoms with van der Waals surface area (Å²) in [6.07, 6.45) is 1.40. The van der Waals surface area contributed by atoms with Crippen molar-refractivity contribution >= 4 is 35.0 Å². The van der Waals surface area contributed by atoms with Gasteiger partial charge in [0, 0.05) is 30.1 Å². The summed E-state index contributed by atoms with van der Waals surface area (Å²) in [5.74, 6) is -5.52. The summed E-state index contributed by atoms with van der Waals surface area (Å²) in [7, 11) is 0. The summed E-state index contributed by atoms with van der Waals surface area (Å²) in [5.41, 5.74) is 5.85. The van der Waals surface area contributed by atoms with Crippen molar-refractivity contribution in [1.82, 2.24) is 9.80 Å². The fraction of sp³-hybridized carbons (Fsp3) is 0.355. The first-order chi connectivity index (χ1) is 19.5. The number of hydrogen-bond acceptors (Lipinski definition) is 3. The number of likely N-dealkylation sites (tertiary alicyclic amines) is 2. The molecular formula is C31H30Cl2F3N3O2. The number of hydrogen-bond donors (Lipinski definition) is 1. The van der Waals surface area contributed by atoms with E-state index >= 15 is 0 Å². The molecule has 2 fully saturated rings. The molecule has 2 saturated heterocycles. The summed E-state index contributed by atoms with van der Waals surface area (Å²) in [6, 6.07) is 16.0. The van der Waals surface area contributed by atoms with Crippen LogP contribution in [0.1, 0.15) is 47.7 Å². The van der Waals surface area contributed by atoms with Crippen molar-refractivity contribution in [2.45, 2.75) is 43.1 Å². The molecule has 3 atom stereocenters. The molecule has 2 N–H and O–H groups in total. The molecule has 5 rings (SSSR count). The topological polar surface area (TPSA) is 66.6 Å². The van der Waals surface area contributed by atoms with E-state index < -0.39 is 40.1 Å². The van der Waals surface area contributed by atoms with E-state index in [1.165, 1.54) is 4.90 Å². The fourth-order valence-corrected chi connectivity index (χ4v) is 7.03. The highest BCUT2D eigenvalue weighted by Gasteiger charge is 2.55. The third-order valence-corrected chi connectivity index (χ3v) is 9.70. The zero-order valence-electron chi connectivity index (χ0n) is 22.5. The third kappa shape index (κ3) is 5.11. The van der Waals surface area contributed by atoms with Crippen LogP contribution < -0.4 is 5.73 Å². The Balaban J connectivity index is 1.61. The van der Waals surface area contributed by atoms with Gasteiger partial charge in [0.25, 0.3) is 5.91 Å². The number of piperidine rings is 1. The van der Waals surface area contributed by atoms with Gasteiger partial charge in [-0.2, -0.15) is 0 Å². The summed E-state index contributed by atoms with van der Waals surface area (Å²) in [4.78, 5) is 30.6. The van der Waals surface area contributed by atoms with Gasteiger partial charge in [-0.3, -0.25) is 14.5 Å². The second-order valence-electron chi connectivity index (χ2n) is 10.9. The summed E-state index contributed by atoms with van der Waals surface area (Å²) in [5, 5.41) is 0.722. The van der Waals surface area contributed by atoms with Gasteiger partial charge in [-0.1, -0.05) is 66.5 Å². The normalized spacial score (nSPS) is 24.9. The number of nitrogens with zero attached hydrogens (tertiary/aromatic N) is 2. The molecule has 10 heteroatoms. The van der Waals surface area contributed by atoms with Crippen molar-refractivity contribution in [1.29, 1.82) is 0 Å². The molecule has 216 valence electrons. The average Bonchev–Trinajstić information content (AvgIpc) is 3.43. The van der Waals surface area contributed by atoms with E-state index in [1.807, 2.05) is 43.3 Å². The Bertz CT molecular complexity index is 1470. The predicted molar refractivity (Wildman–Crippen MR) is 153 cm³/mol. The molecule has 0 saturated carbocycles. The van der Waals surface area contributed by atoms with Crippen LogP contribution in [-0.2, 0) is 15.6 Å². The highest BCUT2D eigenvalue weighted by Crippen LogP contribution is 2.49. The Hall–Kier alpha value is -3.07. The molecule has 41 heavy (non-hydrogen) atoms. The second-order valence-corrected chi connectivity index (χ2v) is 11.7. The number of primary amides is 1. The van der Waals surface area contributed by atoms with Crippen LogP contribution >= 0.6 is 23.2 Å². The van der Waals surface area contributed by atoms with Gasteiger partial charge in [0.1, 0.15) is 0 Å². The van der Waals surface area contributed by atoms with Crippen LogP contribution in [0.3, 0.4) is 0 Å². The number of likely N-dealkylation sites (N-methyl/N-ethyl adjacent to an activating group) is 1. The molecular weight excluding hydrogens is 574 g/mol. The van der Waals surface area contributed by atoms with Gasteiger partial charge in [-0.15, -0.1) is 0 Å². The van der Waals surface area contributed by atoms with Gasteiger partial charge >= 0.3 is 0 Å². The zero-order valence-corrected chi connectivity index (χ0v) is 24.0. The van der Waals surface area contributed by atoms with Crippen molar-refractivity contribution in [2.24, 2.45) is 5.73 Å². The van der Waals surface area contributed by atoms with Gasteiger partial charge < -0.3 is 10.6 Å². The SMILES string of the molecule is CCN1CCC(C(N)=O)(c2ccccc2)CC1C1(c2ccc(Cl)c(Cl)c2)CCN(C(=O)c2cc(F)c(F)c(F)c2)C1. The van der Waals surface area contributed by atoms with E-state index in [0.717, 1.165) is 11.1 Å². The highest BCUT2D eigenvalue weighted by atomic mass is 35.5. The smallest absolute Gasteiger partial charge is 0.254 e. The number of carbonyl (C=O) groups excluding carboxylic acids is 2. The molecule has 3 unspecified atom stereocenters. The van der Waals surface area contributed by atoms with Crippen LogP contribution in [0.5, 0.6) is 0 Å². The Morgan fingerprint density at radius 1 is 0.927 bits per heavy atom. The van der Waals surface area contributed by atoms with Crippen molar-refractivity contribution in [3.05, 3.63) is 105 Å². The van der Waals surface area contributed by atoms with Gasteiger partial charge in [0.2, 0.25) is 5.91 Å². The number of carbonyl (C=O) groups is 2. The third-order valence-electron chi connectivity index (χ3n) is 8.96. The number of amides is 2. The van der Waals surface area contributed by atoms with Gasteiger partial charge in [0.15, 0.2) is 17.5 Å². The molecule has 0 aliphatic carbocycles. The van der Waals surface area contributed by atoms with Crippen molar-refractivity contribution in [3.8, 4) is 0 Å². The largest absolute Gasteiger partial charge is 0.369 e. The maximum Gasteiger partial charge on any atom is 0.254 e. The molecule has 2 aliphatic heterocycles. The molecule has 3 aromatic carbocycles. The van der Waals surface area contributed by atoms with Gasteiger partial charge in [-0.05, 0) is 67.7 Å². The van der Waals surface area contributed by atoms with E-state index in [2.05, 4.69) is 4.90 Å². The van der Waals surface area contributed by atoms with Gasteiger partial charge in [-0.25, -0.2) is 13.2 Å². The van der Waals surface area contributed by atoms with Gasteiger partial charge in [0.05, 0.1) is 15.5 Å². The first-order valence-corrected chi connectivity index (χ1v) is 14.3. The van der Waals surface area contributed by atoms with Crippen molar-refractivity contribution in [3.63, 3.8) is 0 Å². The monoisotopic (exact) mass is 603 g/mol. The lowest BCUT2D eigenvalue weighted by molar-refractivity contribution is -0.127. The minimum absolute atomic E-state index is 0.176. The lowest BCUT2D eigenvalue weighted by atomic mass is 9.61. The molecule has 0 bridgehead atoms. The second kappa shape index (κ2) is 11.3. The zero-order chi connectivity index (χ0) is 29.5. The van der Waals surface area contributed by atoms with Crippen LogP contribution in [0, 0.1) is 17.5 Å². The van der Waals surface area contributed by atoms with Crippen LogP contribution in [0.2, 0.25) is 10.0 Å². The summed E-state index contributed by atoms with van der Waals surface area (Å²) in [6.45, 7) is 3.75. The van der Waals surface area contributed by atoms with E-state index in [1.54, 1.807) is 12.1 Å². The standard InChI is InChI=1S/C31H30Cl2F3N3O2/c1-2-38-12-10-30(29(37)41,20-6-4-3-5-7-20)17-26(38)31(21-8-9-22(32)23(33)16-21)11-13-39(18-31)28(40)19-14-24(34)27(36)25(35)15-19/h3-9,14-16,26H,2,10-13,17-18H2,1H3,(H2,37,41). The average molecular weight is 605 g/mol. The highest BCUT2D eigenvalue weighted by molar-refractivity contribution is 6.42. The summed E-state index contributed by atoms with van der Waals surface area (Å²) < 4.78 is 41.7. The molecule has 5 nitrogen and oxygen atoms in total. The maximum absolute atomic E-state index is 14.0. The molecule has 2 amide bonds. The Labute approximate surface area is 247 Å².